The molecule has 3 aromatic rings. The molecule has 8 heteroatoms. The molecule has 8 nitrogen and oxygen atoms in total. The van der Waals surface area contributed by atoms with Crippen LogP contribution in [0.4, 0.5) is 0 Å². The fourth-order valence-electron chi connectivity index (χ4n) is 3.87. The number of ketones is 1. The first-order valence-electron chi connectivity index (χ1n) is 10.4. The number of nitrogens with zero attached hydrogens (tertiary/aromatic N) is 2. The first kappa shape index (κ1) is 23.0. The molecule has 168 valence electrons. The molecule has 0 aliphatic heterocycles. The highest BCUT2D eigenvalue weighted by Gasteiger charge is 2.29. The Balaban J connectivity index is 2.27. The molecule has 1 amide bonds. The number of rotatable bonds is 10. The van der Waals surface area contributed by atoms with Crippen LogP contribution in [0.3, 0.4) is 0 Å². The molecule has 0 atom stereocenters. The van der Waals surface area contributed by atoms with E-state index < -0.39 is 24.3 Å². The zero-order valence-corrected chi connectivity index (χ0v) is 18.4. The topological polar surface area (TPSA) is 124 Å². The van der Waals surface area contributed by atoms with E-state index in [-0.39, 0.29) is 22.9 Å². The molecule has 3 N–H and O–H groups in total. The number of carbonyl (C=O) groups excluding carboxylic acids is 2. The largest absolute Gasteiger partial charge is 0.479 e. The Morgan fingerprint density at radius 3 is 2.44 bits per heavy atom. The molecular weight excluding hydrogens is 410 g/mol. The van der Waals surface area contributed by atoms with Gasteiger partial charge in [0.05, 0.1) is 11.3 Å². The maximum Gasteiger partial charge on any atom is 0.341 e. The van der Waals surface area contributed by atoms with E-state index in [0.29, 0.717) is 24.1 Å². The number of Topliss-reactive ketones (excluding diaryl/α,β-unsaturated/α-hetero) is 1. The van der Waals surface area contributed by atoms with Crippen molar-refractivity contribution in [1.82, 2.24) is 9.38 Å². The van der Waals surface area contributed by atoms with E-state index in [1.54, 1.807) is 17.5 Å². The van der Waals surface area contributed by atoms with Crippen LogP contribution >= 0.6 is 0 Å². The molecule has 3 rings (SSSR count). The van der Waals surface area contributed by atoms with Gasteiger partial charge in [0.1, 0.15) is 5.52 Å². The van der Waals surface area contributed by atoms with Gasteiger partial charge in [-0.2, -0.15) is 0 Å². The zero-order chi connectivity index (χ0) is 23.4. The Kier molecular flexibility index (Phi) is 6.92. The molecule has 2 heterocycles. The molecule has 0 aliphatic rings. The number of nitrogens with two attached hydrogens (primary N) is 1. The predicted octanol–water partition coefficient (Wildman–Crippen LogP) is 2.76. The molecule has 1 aromatic carbocycles. The number of carboxylic acids is 1. The highest BCUT2D eigenvalue weighted by atomic mass is 16.5. The van der Waals surface area contributed by atoms with Gasteiger partial charge in [-0.3, -0.25) is 9.59 Å². The first-order chi connectivity index (χ1) is 15.2. The van der Waals surface area contributed by atoms with Crippen LogP contribution in [0.5, 0.6) is 5.88 Å². The summed E-state index contributed by atoms with van der Waals surface area (Å²) >= 11 is 0. The Morgan fingerprint density at radius 2 is 1.84 bits per heavy atom. The van der Waals surface area contributed by atoms with Gasteiger partial charge in [0.2, 0.25) is 5.88 Å². The number of benzene rings is 1. The third-order valence-electron chi connectivity index (χ3n) is 5.10. The normalized spacial score (nSPS) is 11.1. The van der Waals surface area contributed by atoms with E-state index >= 15 is 0 Å². The highest BCUT2D eigenvalue weighted by molar-refractivity contribution is 6.44. The van der Waals surface area contributed by atoms with Crippen molar-refractivity contribution in [1.29, 1.82) is 0 Å². The molecule has 32 heavy (non-hydrogen) atoms. The first-order valence-corrected chi connectivity index (χ1v) is 10.4. The summed E-state index contributed by atoms with van der Waals surface area (Å²) in [7, 11) is 0. The lowest BCUT2D eigenvalue weighted by atomic mass is 9.94. The molecule has 0 saturated carbocycles. The van der Waals surface area contributed by atoms with E-state index in [1.165, 1.54) is 0 Å². The average molecular weight is 437 g/mol. The van der Waals surface area contributed by atoms with Gasteiger partial charge in [-0.15, -0.1) is 0 Å². The Morgan fingerprint density at radius 1 is 1.16 bits per heavy atom. The van der Waals surface area contributed by atoms with E-state index in [4.69, 9.17) is 15.6 Å². The van der Waals surface area contributed by atoms with Crippen molar-refractivity contribution < 1.29 is 24.2 Å². The van der Waals surface area contributed by atoms with Gasteiger partial charge in [0.25, 0.3) is 11.7 Å². The van der Waals surface area contributed by atoms with Crippen LogP contribution in [0.2, 0.25) is 0 Å². The van der Waals surface area contributed by atoms with Crippen molar-refractivity contribution in [2.75, 3.05) is 6.61 Å². The minimum absolute atomic E-state index is 0.00651. The minimum Gasteiger partial charge on any atom is -0.479 e. The van der Waals surface area contributed by atoms with Crippen molar-refractivity contribution in [3.63, 3.8) is 0 Å². The van der Waals surface area contributed by atoms with Crippen molar-refractivity contribution in [3.05, 3.63) is 64.6 Å². The summed E-state index contributed by atoms with van der Waals surface area (Å²) in [4.78, 5) is 40.3. The molecule has 0 spiro atoms. The van der Waals surface area contributed by atoms with E-state index in [0.717, 1.165) is 17.7 Å². The Labute approximate surface area is 186 Å². The number of aryl methyl sites for hydroxylation is 3. The fraction of sp³-hybridized carbons (Fsp3) is 0.333. The number of fused-ring (bicyclic) bond motifs is 1. The lowest BCUT2D eigenvalue weighted by Crippen LogP contribution is -2.24. The fourth-order valence-corrected chi connectivity index (χ4v) is 3.87. The summed E-state index contributed by atoms with van der Waals surface area (Å²) in [5.41, 5.74) is 9.09. The second-order valence-corrected chi connectivity index (χ2v) is 8.17. The molecule has 2 aromatic heterocycles. The molecule has 0 radical (unpaired) electrons. The van der Waals surface area contributed by atoms with Gasteiger partial charge in [0.15, 0.2) is 6.61 Å². The SMILES string of the molecule is Cc1cn2c(CCc3ccccc3)c(CC(C)C)c(C(=O)C(N)=O)c2c(OCC(=O)O)n1. The number of ether oxygens (including phenoxy) is 1. The van der Waals surface area contributed by atoms with Gasteiger partial charge in [-0.1, -0.05) is 44.2 Å². The number of primary amides is 1. The molecule has 0 fully saturated rings. The Bertz CT molecular complexity index is 1170. The van der Waals surface area contributed by atoms with Crippen molar-refractivity contribution in [2.24, 2.45) is 11.7 Å². The molecule has 0 aliphatic carbocycles. The minimum atomic E-state index is -1.17. The summed E-state index contributed by atoms with van der Waals surface area (Å²) in [6.45, 7) is 5.17. The van der Waals surface area contributed by atoms with Crippen LogP contribution in [0.15, 0.2) is 36.5 Å². The van der Waals surface area contributed by atoms with E-state index in [9.17, 15) is 14.4 Å². The van der Waals surface area contributed by atoms with Crippen LogP contribution in [0.1, 0.15) is 46.7 Å². The Hall–Kier alpha value is -3.68. The van der Waals surface area contributed by atoms with Crippen molar-refractivity contribution in [3.8, 4) is 5.88 Å². The number of aromatic nitrogens is 2. The molecular formula is C24H27N3O5. The number of hydrogen-bond donors (Lipinski definition) is 2. The van der Waals surface area contributed by atoms with Crippen LogP contribution in [0, 0.1) is 12.8 Å². The van der Waals surface area contributed by atoms with Gasteiger partial charge in [-0.05, 0) is 43.2 Å². The van der Waals surface area contributed by atoms with E-state index in [2.05, 4.69) is 4.98 Å². The lowest BCUT2D eigenvalue weighted by Gasteiger charge is -2.11. The third-order valence-corrected chi connectivity index (χ3v) is 5.10. The molecule has 0 saturated heterocycles. The number of hydrogen-bond acceptors (Lipinski definition) is 5. The summed E-state index contributed by atoms with van der Waals surface area (Å²) in [6.07, 6.45) is 3.62. The molecule has 0 unspecified atom stereocenters. The summed E-state index contributed by atoms with van der Waals surface area (Å²) in [6, 6.07) is 9.94. The predicted molar refractivity (Wildman–Crippen MR) is 119 cm³/mol. The lowest BCUT2D eigenvalue weighted by molar-refractivity contribution is -0.139. The van der Waals surface area contributed by atoms with Crippen molar-refractivity contribution >= 4 is 23.2 Å². The monoisotopic (exact) mass is 437 g/mol. The highest BCUT2D eigenvalue weighted by Crippen LogP contribution is 2.33. The summed E-state index contributed by atoms with van der Waals surface area (Å²) < 4.78 is 7.23. The maximum absolute atomic E-state index is 12.9. The van der Waals surface area contributed by atoms with E-state index in [1.807, 2.05) is 44.2 Å². The summed E-state index contributed by atoms with van der Waals surface area (Å²) in [5, 5.41) is 9.07. The van der Waals surface area contributed by atoms with Crippen LogP contribution in [-0.2, 0) is 28.9 Å². The third kappa shape index (κ3) is 4.96. The van der Waals surface area contributed by atoms with Gasteiger partial charge in [-0.25, -0.2) is 9.78 Å². The van der Waals surface area contributed by atoms with Gasteiger partial charge < -0.3 is 20.0 Å². The number of aliphatic carboxylic acids is 1. The van der Waals surface area contributed by atoms with Gasteiger partial charge >= 0.3 is 5.97 Å². The van der Waals surface area contributed by atoms with Gasteiger partial charge in [0, 0.05) is 11.9 Å². The maximum atomic E-state index is 12.9. The molecule has 0 bridgehead atoms. The van der Waals surface area contributed by atoms with Crippen LogP contribution < -0.4 is 10.5 Å². The second kappa shape index (κ2) is 9.64. The summed E-state index contributed by atoms with van der Waals surface area (Å²) in [5.74, 6) is -2.91. The number of carboxylic acid groups (broad SMARTS) is 1. The zero-order valence-electron chi connectivity index (χ0n) is 18.4. The second-order valence-electron chi connectivity index (χ2n) is 8.17. The average Bonchev–Trinajstić information content (AvgIpc) is 3.02. The van der Waals surface area contributed by atoms with Crippen molar-refractivity contribution in [2.45, 2.75) is 40.0 Å². The quantitative estimate of drug-likeness (QED) is 0.371. The number of carbonyl (C=O) groups is 3. The standard InChI is InChI=1S/C24H27N3O5/c1-14(2)11-17-18(10-9-16-7-5-4-6-8-16)27-12-15(3)26-24(32-13-19(28)29)21(27)20(17)22(30)23(25)31/h4-8,12,14H,9-11,13H2,1-3H3,(H2,25,31)(H,28,29). The number of amides is 1. The smallest absolute Gasteiger partial charge is 0.341 e. The van der Waals surface area contributed by atoms with Crippen LogP contribution in [-0.4, -0.2) is 38.8 Å². The van der Waals surface area contributed by atoms with Crippen LogP contribution in [0.25, 0.3) is 5.52 Å².